The van der Waals surface area contributed by atoms with E-state index in [1.165, 1.54) is 10.8 Å². The summed E-state index contributed by atoms with van der Waals surface area (Å²) in [5.74, 6) is 0. The van der Waals surface area contributed by atoms with Gasteiger partial charge in [0.2, 0.25) is 0 Å². The van der Waals surface area contributed by atoms with Crippen molar-refractivity contribution < 1.29 is 8.83 Å². The molecule has 220 valence electrons. The molecule has 0 saturated carbocycles. The molecule has 0 fully saturated rings. The van der Waals surface area contributed by atoms with Crippen molar-refractivity contribution >= 4 is 65.5 Å². The molecule has 4 nitrogen and oxygen atoms in total. The van der Waals surface area contributed by atoms with E-state index in [9.17, 15) is 4.79 Å². The van der Waals surface area contributed by atoms with Crippen molar-refractivity contribution in [2.45, 2.75) is 0 Å². The monoisotopic (exact) mass is 603 g/mol. The van der Waals surface area contributed by atoms with Gasteiger partial charge < -0.3 is 13.4 Å². The number of aromatic nitrogens is 1. The Labute approximate surface area is 268 Å². The van der Waals surface area contributed by atoms with Crippen LogP contribution in [0.4, 0.5) is 0 Å². The molecule has 0 bridgehead atoms. The van der Waals surface area contributed by atoms with Gasteiger partial charge in [0.1, 0.15) is 16.7 Å². The lowest BCUT2D eigenvalue weighted by molar-refractivity contribution is 0.569. The van der Waals surface area contributed by atoms with Gasteiger partial charge in [-0.1, -0.05) is 103 Å². The number of hydrogen-bond acceptors (Lipinski definition) is 3. The molecule has 3 heterocycles. The number of para-hydroxylation sites is 4. The summed E-state index contributed by atoms with van der Waals surface area (Å²) in [5.41, 5.74) is 9.55. The molecule has 7 aromatic carbocycles. The second kappa shape index (κ2) is 9.80. The lowest BCUT2D eigenvalue weighted by Gasteiger charge is -2.11. The third-order valence-electron chi connectivity index (χ3n) is 9.44. The van der Waals surface area contributed by atoms with Crippen molar-refractivity contribution in [3.05, 3.63) is 162 Å². The Morgan fingerprint density at radius 2 is 1.04 bits per heavy atom. The molecule has 0 atom stereocenters. The van der Waals surface area contributed by atoms with Gasteiger partial charge in [0.05, 0.1) is 16.4 Å². The van der Waals surface area contributed by atoms with Crippen LogP contribution in [0.3, 0.4) is 0 Å². The van der Waals surface area contributed by atoms with Gasteiger partial charge in [-0.05, 0) is 70.6 Å². The fraction of sp³-hybridized carbons (Fsp3) is 0. The van der Waals surface area contributed by atoms with Gasteiger partial charge in [0.15, 0.2) is 0 Å². The van der Waals surface area contributed by atoms with Crippen molar-refractivity contribution in [1.82, 2.24) is 4.57 Å². The molecular formula is C43H25NO3. The fourth-order valence-electron chi connectivity index (χ4n) is 7.28. The van der Waals surface area contributed by atoms with E-state index < -0.39 is 0 Å². The maximum atomic E-state index is 13.0. The number of benzene rings is 7. The average molecular weight is 604 g/mol. The maximum Gasteiger partial charge on any atom is 0.344 e. The zero-order valence-electron chi connectivity index (χ0n) is 25.1. The molecule has 0 saturated heterocycles. The van der Waals surface area contributed by atoms with Crippen molar-refractivity contribution in [3.63, 3.8) is 0 Å². The SMILES string of the molecule is O=c1oc2ccccc2c2ccc(-c3cccc(-n4c5ccccc5c5cc(-c6cccc7c6oc6ccccc67)ccc54)c3)cc12. The summed E-state index contributed by atoms with van der Waals surface area (Å²) in [5, 5.41) is 7.01. The Morgan fingerprint density at radius 1 is 0.404 bits per heavy atom. The molecule has 0 aliphatic rings. The highest BCUT2D eigenvalue weighted by Crippen LogP contribution is 2.40. The van der Waals surface area contributed by atoms with Crippen LogP contribution in [-0.4, -0.2) is 4.57 Å². The first-order chi connectivity index (χ1) is 23.2. The summed E-state index contributed by atoms with van der Waals surface area (Å²) >= 11 is 0. The molecule has 4 heteroatoms. The summed E-state index contributed by atoms with van der Waals surface area (Å²) in [6, 6.07) is 52.1. The molecule has 0 radical (unpaired) electrons. The normalized spacial score (nSPS) is 11.9. The average Bonchev–Trinajstić information content (AvgIpc) is 3.67. The quantitative estimate of drug-likeness (QED) is 0.149. The molecule has 0 unspecified atom stereocenters. The highest BCUT2D eigenvalue weighted by molar-refractivity contribution is 6.13. The highest BCUT2D eigenvalue weighted by atomic mass is 16.4. The van der Waals surface area contributed by atoms with E-state index >= 15 is 0 Å². The first-order valence-corrected chi connectivity index (χ1v) is 15.7. The Hall–Kier alpha value is -6.39. The third-order valence-corrected chi connectivity index (χ3v) is 9.44. The van der Waals surface area contributed by atoms with Crippen LogP contribution in [0.15, 0.2) is 165 Å². The Bertz CT molecular complexity index is 2940. The summed E-state index contributed by atoms with van der Waals surface area (Å²) in [6.45, 7) is 0. The lowest BCUT2D eigenvalue weighted by atomic mass is 10.00. The van der Waals surface area contributed by atoms with E-state index in [1.54, 1.807) is 0 Å². The molecular weight excluding hydrogens is 578 g/mol. The van der Waals surface area contributed by atoms with E-state index in [-0.39, 0.29) is 5.63 Å². The van der Waals surface area contributed by atoms with Crippen LogP contribution >= 0.6 is 0 Å². The smallest absolute Gasteiger partial charge is 0.344 e. The number of nitrogens with zero attached hydrogens (tertiary/aromatic N) is 1. The Balaban J connectivity index is 1.14. The van der Waals surface area contributed by atoms with E-state index in [0.29, 0.717) is 11.0 Å². The molecule has 10 rings (SSSR count). The molecule has 3 aromatic heterocycles. The topological polar surface area (TPSA) is 48.3 Å². The second-order valence-corrected chi connectivity index (χ2v) is 12.1. The number of furan rings is 1. The van der Waals surface area contributed by atoms with Gasteiger partial charge in [-0.2, -0.15) is 0 Å². The molecule has 0 aliphatic carbocycles. The van der Waals surface area contributed by atoms with Crippen molar-refractivity contribution in [2.75, 3.05) is 0 Å². The van der Waals surface area contributed by atoms with E-state index in [0.717, 1.165) is 71.7 Å². The number of rotatable bonds is 3. The standard InChI is InChI=1S/C43H25NO3/c45-43-37-24-27(19-21-31(37)33-12-2-6-18-41(33)47-43)26-9-7-10-29(23-26)44-38-16-4-1-11-32(38)36-25-28(20-22-39(36)44)30-14-8-15-35-34-13-3-5-17-40(34)46-42(30)35/h1-25H. The number of hydrogen-bond donors (Lipinski definition) is 0. The van der Waals surface area contributed by atoms with E-state index in [2.05, 4.69) is 108 Å². The zero-order chi connectivity index (χ0) is 31.1. The van der Waals surface area contributed by atoms with Gasteiger partial charge in [-0.15, -0.1) is 0 Å². The summed E-state index contributed by atoms with van der Waals surface area (Å²) in [4.78, 5) is 13.0. The fourth-order valence-corrected chi connectivity index (χ4v) is 7.28. The number of fused-ring (bicyclic) bond motifs is 9. The first kappa shape index (κ1) is 25.9. The summed E-state index contributed by atoms with van der Waals surface area (Å²) in [6.07, 6.45) is 0. The Kier molecular flexibility index (Phi) is 5.40. The maximum absolute atomic E-state index is 13.0. The van der Waals surface area contributed by atoms with Crippen LogP contribution in [0, 0.1) is 0 Å². The predicted octanol–water partition coefficient (Wildman–Crippen LogP) is 11.3. The van der Waals surface area contributed by atoms with Crippen LogP contribution in [0.1, 0.15) is 0 Å². The molecule has 0 amide bonds. The minimum Gasteiger partial charge on any atom is -0.455 e. The highest BCUT2D eigenvalue weighted by Gasteiger charge is 2.17. The predicted molar refractivity (Wildman–Crippen MR) is 192 cm³/mol. The third kappa shape index (κ3) is 3.85. The molecule has 0 spiro atoms. The molecule has 0 N–H and O–H groups in total. The van der Waals surface area contributed by atoms with Crippen LogP contribution in [0.5, 0.6) is 0 Å². The van der Waals surface area contributed by atoms with Gasteiger partial charge in [-0.3, -0.25) is 0 Å². The minimum atomic E-state index is -0.326. The second-order valence-electron chi connectivity index (χ2n) is 12.1. The van der Waals surface area contributed by atoms with Gasteiger partial charge >= 0.3 is 5.63 Å². The van der Waals surface area contributed by atoms with Crippen LogP contribution in [0.2, 0.25) is 0 Å². The van der Waals surface area contributed by atoms with Crippen LogP contribution < -0.4 is 5.63 Å². The van der Waals surface area contributed by atoms with Gasteiger partial charge in [0.25, 0.3) is 0 Å². The van der Waals surface area contributed by atoms with E-state index in [1.807, 2.05) is 48.5 Å². The van der Waals surface area contributed by atoms with Crippen LogP contribution in [0.25, 0.3) is 93.4 Å². The van der Waals surface area contributed by atoms with Crippen LogP contribution in [-0.2, 0) is 0 Å². The van der Waals surface area contributed by atoms with Crippen molar-refractivity contribution in [2.24, 2.45) is 0 Å². The van der Waals surface area contributed by atoms with Gasteiger partial charge in [-0.25, -0.2) is 4.79 Å². The molecule has 0 aliphatic heterocycles. The molecule has 10 aromatic rings. The van der Waals surface area contributed by atoms with Crippen molar-refractivity contribution in [1.29, 1.82) is 0 Å². The minimum absolute atomic E-state index is 0.326. The summed E-state index contributed by atoms with van der Waals surface area (Å²) < 4.78 is 14.4. The largest absolute Gasteiger partial charge is 0.455 e. The molecule has 47 heavy (non-hydrogen) atoms. The zero-order valence-corrected chi connectivity index (χ0v) is 25.1. The summed E-state index contributed by atoms with van der Waals surface area (Å²) in [7, 11) is 0. The van der Waals surface area contributed by atoms with Gasteiger partial charge in [0, 0.05) is 38.2 Å². The first-order valence-electron chi connectivity index (χ1n) is 15.7. The van der Waals surface area contributed by atoms with Crippen molar-refractivity contribution in [3.8, 4) is 27.9 Å². The lowest BCUT2D eigenvalue weighted by Crippen LogP contribution is -2.00. The Morgan fingerprint density at radius 3 is 1.91 bits per heavy atom. The van der Waals surface area contributed by atoms with E-state index in [4.69, 9.17) is 8.83 Å².